The molecule has 0 aliphatic heterocycles. The van der Waals surface area contributed by atoms with Crippen LogP contribution in [0.2, 0.25) is 0 Å². The second-order valence-electron chi connectivity index (χ2n) is 7.48. The highest BCUT2D eigenvalue weighted by Gasteiger charge is 2.13. The number of Topliss-reactive ketones (excluding diaryl/α,β-unsaturated/α-hetero) is 1. The smallest absolute Gasteiger partial charge is 0.195 e. The third-order valence-corrected chi connectivity index (χ3v) is 6.58. The fourth-order valence-corrected chi connectivity index (χ4v) is 4.81. The molecule has 0 saturated carbocycles. The van der Waals surface area contributed by atoms with Crippen LogP contribution in [0.4, 0.5) is 4.39 Å². The van der Waals surface area contributed by atoms with E-state index >= 15 is 0 Å². The van der Waals surface area contributed by atoms with Gasteiger partial charge in [-0.15, -0.1) is 0 Å². The topological polar surface area (TPSA) is 37.6 Å². The molecule has 0 aliphatic carbocycles. The van der Waals surface area contributed by atoms with Crippen molar-refractivity contribution in [3.8, 4) is 11.3 Å². The Kier molecular flexibility index (Phi) is 6.25. The molecule has 0 bridgehead atoms. The summed E-state index contributed by atoms with van der Waals surface area (Å²) in [6, 6.07) is 12.3. The second kappa shape index (κ2) is 9.06. The molecular formula is C24H26FN3OS. The molecule has 0 unspecified atom stereocenters. The van der Waals surface area contributed by atoms with Gasteiger partial charge in [-0.3, -0.25) is 9.20 Å². The van der Waals surface area contributed by atoms with Crippen molar-refractivity contribution in [1.29, 1.82) is 0 Å². The Hall–Kier alpha value is -2.57. The molecule has 0 radical (unpaired) electrons. The predicted molar refractivity (Wildman–Crippen MR) is 122 cm³/mol. The van der Waals surface area contributed by atoms with Crippen LogP contribution in [-0.2, 0) is 0 Å². The average Bonchev–Trinajstić information content (AvgIpc) is 3.31. The summed E-state index contributed by atoms with van der Waals surface area (Å²) in [4.78, 5) is 20.5. The van der Waals surface area contributed by atoms with E-state index in [-0.39, 0.29) is 11.6 Å². The van der Waals surface area contributed by atoms with Crippen LogP contribution in [-0.4, -0.2) is 39.7 Å². The highest BCUT2D eigenvalue weighted by Crippen LogP contribution is 2.30. The van der Waals surface area contributed by atoms with Crippen molar-refractivity contribution in [3.63, 3.8) is 0 Å². The summed E-state index contributed by atoms with van der Waals surface area (Å²) in [5.74, 6) is -0.0723. The van der Waals surface area contributed by atoms with Crippen LogP contribution in [0.15, 0.2) is 48.7 Å². The van der Waals surface area contributed by atoms with E-state index in [1.807, 2.05) is 34.9 Å². The first-order valence-corrected chi connectivity index (χ1v) is 11.3. The molecular weight excluding hydrogens is 397 g/mol. The summed E-state index contributed by atoms with van der Waals surface area (Å²) in [5, 5.41) is 0. The molecule has 156 valence electrons. The molecule has 6 heteroatoms. The summed E-state index contributed by atoms with van der Waals surface area (Å²) in [7, 11) is 0. The van der Waals surface area contributed by atoms with Gasteiger partial charge in [0.1, 0.15) is 5.82 Å². The number of imidazole rings is 1. The average molecular weight is 424 g/mol. The van der Waals surface area contributed by atoms with Crippen LogP contribution in [0.1, 0.15) is 43.5 Å². The molecule has 0 amide bonds. The molecule has 30 heavy (non-hydrogen) atoms. The van der Waals surface area contributed by atoms with Gasteiger partial charge in [0.25, 0.3) is 0 Å². The minimum atomic E-state index is -0.269. The van der Waals surface area contributed by atoms with Crippen molar-refractivity contribution in [2.45, 2.75) is 33.1 Å². The number of carbonyl (C=O) groups excluding carboxylic acids is 1. The standard InChI is InChI=1S/C24H26FN3OS/c1-3-27(4-2)13-6-5-10-22(29)18-11-12-21-23(15-18)30-24-26-20(16-28(21)24)17-8-7-9-19(25)14-17/h7-9,11-12,14-16H,3-6,10,13H2,1-2H3. The van der Waals surface area contributed by atoms with Crippen LogP contribution < -0.4 is 0 Å². The van der Waals surface area contributed by atoms with Crippen molar-refractivity contribution < 1.29 is 9.18 Å². The van der Waals surface area contributed by atoms with Gasteiger partial charge >= 0.3 is 0 Å². The molecule has 0 N–H and O–H groups in total. The van der Waals surface area contributed by atoms with Gasteiger partial charge in [0.05, 0.1) is 15.9 Å². The lowest BCUT2D eigenvalue weighted by Crippen LogP contribution is -2.24. The Bertz CT molecular complexity index is 1180. The number of hydrogen-bond acceptors (Lipinski definition) is 4. The van der Waals surface area contributed by atoms with E-state index in [4.69, 9.17) is 0 Å². The number of fused-ring (bicyclic) bond motifs is 3. The largest absolute Gasteiger partial charge is 0.304 e. The van der Waals surface area contributed by atoms with Gasteiger partial charge in [0.15, 0.2) is 10.7 Å². The Morgan fingerprint density at radius 2 is 1.97 bits per heavy atom. The lowest BCUT2D eigenvalue weighted by Gasteiger charge is -2.17. The van der Waals surface area contributed by atoms with Crippen LogP contribution >= 0.6 is 11.3 Å². The summed E-state index contributed by atoms with van der Waals surface area (Å²) < 4.78 is 16.6. The summed E-state index contributed by atoms with van der Waals surface area (Å²) in [5.41, 5.74) is 3.29. The second-order valence-corrected chi connectivity index (χ2v) is 8.49. The van der Waals surface area contributed by atoms with Gasteiger partial charge in [-0.1, -0.05) is 37.3 Å². The molecule has 0 saturated heterocycles. The van der Waals surface area contributed by atoms with Crippen LogP contribution in [0.3, 0.4) is 0 Å². The first-order chi connectivity index (χ1) is 14.6. The zero-order chi connectivity index (χ0) is 21.1. The van der Waals surface area contributed by atoms with Gasteiger partial charge in [-0.2, -0.15) is 0 Å². The third kappa shape index (κ3) is 4.30. The first-order valence-electron chi connectivity index (χ1n) is 10.5. The van der Waals surface area contributed by atoms with E-state index in [9.17, 15) is 9.18 Å². The fraction of sp³-hybridized carbons (Fsp3) is 0.333. The highest BCUT2D eigenvalue weighted by atomic mass is 32.1. The zero-order valence-corrected chi connectivity index (χ0v) is 18.2. The number of halogens is 1. The van der Waals surface area contributed by atoms with Crippen molar-refractivity contribution in [1.82, 2.24) is 14.3 Å². The van der Waals surface area contributed by atoms with Crippen LogP contribution in [0.5, 0.6) is 0 Å². The number of benzene rings is 2. The third-order valence-electron chi connectivity index (χ3n) is 5.56. The maximum atomic E-state index is 13.5. The number of thiazole rings is 1. The Balaban J connectivity index is 1.48. The number of aromatic nitrogens is 2. The normalized spacial score (nSPS) is 11.7. The maximum absolute atomic E-state index is 13.5. The van der Waals surface area contributed by atoms with Gasteiger partial charge < -0.3 is 4.90 Å². The lowest BCUT2D eigenvalue weighted by molar-refractivity contribution is 0.0978. The molecule has 2 heterocycles. The predicted octanol–water partition coefficient (Wildman–Crippen LogP) is 6.05. The molecule has 0 fully saturated rings. The molecule has 2 aromatic carbocycles. The number of unbranched alkanes of at least 4 members (excludes halogenated alkanes) is 1. The maximum Gasteiger partial charge on any atom is 0.195 e. The quantitative estimate of drug-likeness (QED) is 0.243. The van der Waals surface area contributed by atoms with E-state index in [0.29, 0.717) is 6.42 Å². The molecule has 2 aromatic heterocycles. The number of hydrogen-bond donors (Lipinski definition) is 0. The van der Waals surface area contributed by atoms with E-state index in [1.54, 1.807) is 17.4 Å². The van der Waals surface area contributed by atoms with Gasteiger partial charge in [0.2, 0.25) is 0 Å². The SMILES string of the molecule is CCN(CC)CCCCC(=O)c1ccc2c(c1)sc1nc(-c3cccc(F)c3)cn12. The van der Waals surface area contributed by atoms with Crippen molar-refractivity contribution in [2.75, 3.05) is 19.6 Å². The highest BCUT2D eigenvalue weighted by molar-refractivity contribution is 7.23. The van der Waals surface area contributed by atoms with E-state index in [0.717, 1.165) is 64.5 Å². The van der Waals surface area contributed by atoms with Crippen LogP contribution in [0.25, 0.3) is 26.4 Å². The number of carbonyl (C=O) groups is 1. The van der Waals surface area contributed by atoms with Crippen molar-refractivity contribution in [2.24, 2.45) is 0 Å². The molecule has 0 atom stereocenters. The minimum Gasteiger partial charge on any atom is -0.304 e. The Labute approximate surface area is 180 Å². The molecule has 4 rings (SSSR count). The monoisotopic (exact) mass is 423 g/mol. The molecule has 0 aliphatic rings. The van der Waals surface area contributed by atoms with E-state index in [2.05, 4.69) is 23.7 Å². The van der Waals surface area contributed by atoms with Gasteiger partial charge in [-0.05, 0) is 62.8 Å². The summed E-state index contributed by atoms with van der Waals surface area (Å²) in [6.07, 6.45) is 4.47. The van der Waals surface area contributed by atoms with Gasteiger partial charge in [-0.25, -0.2) is 9.37 Å². The minimum absolute atomic E-state index is 0.197. The fourth-order valence-electron chi connectivity index (χ4n) is 3.77. The zero-order valence-electron chi connectivity index (χ0n) is 17.4. The van der Waals surface area contributed by atoms with Crippen LogP contribution in [0, 0.1) is 5.82 Å². The Morgan fingerprint density at radius 3 is 2.73 bits per heavy atom. The molecule has 4 aromatic rings. The van der Waals surface area contributed by atoms with E-state index in [1.165, 1.54) is 12.1 Å². The lowest BCUT2D eigenvalue weighted by atomic mass is 10.1. The molecule has 0 spiro atoms. The van der Waals surface area contributed by atoms with Crippen molar-refractivity contribution >= 4 is 32.3 Å². The first kappa shape index (κ1) is 20.7. The van der Waals surface area contributed by atoms with E-state index < -0.39 is 0 Å². The number of nitrogens with zero attached hydrogens (tertiary/aromatic N) is 3. The Morgan fingerprint density at radius 1 is 1.13 bits per heavy atom. The summed E-state index contributed by atoms with van der Waals surface area (Å²) >= 11 is 1.55. The number of rotatable bonds is 9. The summed E-state index contributed by atoms with van der Waals surface area (Å²) in [6.45, 7) is 7.51. The number of ketones is 1. The van der Waals surface area contributed by atoms with Crippen molar-refractivity contribution in [3.05, 3.63) is 60.0 Å². The van der Waals surface area contributed by atoms with Gasteiger partial charge in [0, 0.05) is 23.7 Å². The molecule has 4 nitrogen and oxygen atoms in total.